The van der Waals surface area contributed by atoms with Gasteiger partial charge in [-0.2, -0.15) is 0 Å². The van der Waals surface area contributed by atoms with Gasteiger partial charge >= 0.3 is 0 Å². The zero-order chi connectivity index (χ0) is 15.6. The molecule has 0 amide bonds. The van der Waals surface area contributed by atoms with E-state index in [0.29, 0.717) is 19.1 Å². The quantitative estimate of drug-likeness (QED) is 0.722. The standard InChI is InChI=1S/C16H19N5OS/c1-22-9-8-21-13-5-3-2-4-12(13)18-16(21)17-10-14-19-20-15(23-14)11-6-7-11/h2-5,11H,6-10H2,1H3,(H,17,18). The van der Waals surface area contributed by atoms with E-state index in [1.54, 1.807) is 18.4 Å². The first-order chi connectivity index (χ1) is 11.3. The normalized spacial score (nSPS) is 14.5. The van der Waals surface area contributed by atoms with Crippen LogP contribution in [0.3, 0.4) is 0 Å². The number of ether oxygens (including phenoxy) is 1. The predicted molar refractivity (Wildman–Crippen MR) is 90.8 cm³/mol. The summed E-state index contributed by atoms with van der Waals surface area (Å²) >= 11 is 1.71. The summed E-state index contributed by atoms with van der Waals surface area (Å²) in [6, 6.07) is 8.15. The Morgan fingerprint density at radius 3 is 3.00 bits per heavy atom. The highest BCUT2D eigenvalue weighted by molar-refractivity contribution is 7.11. The number of fused-ring (bicyclic) bond motifs is 1. The van der Waals surface area contributed by atoms with Crippen molar-refractivity contribution in [2.24, 2.45) is 0 Å². The molecule has 1 aliphatic carbocycles. The van der Waals surface area contributed by atoms with E-state index in [1.807, 2.05) is 18.2 Å². The second-order valence-corrected chi connectivity index (χ2v) is 6.82. The van der Waals surface area contributed by atoms with E-state index < -0.39 is 0 Å². The number of benzene rings is 1. The second-order valence-electron chi connectivity index (χ2n) is 5.73. The van der Waals surface area contributed by atoms with Crippen LogP contribution in [0.15, 0.2) is 24.3 Å². The largest absolute Gasteiger partial charge is 0.383 e. The molecule has 1 saturated carbocycles. The van der Waals surface area contributed by atoms with Gasteiger partial charge in [0.15, 0.2) is 0 Å². The van der Waals surface area contributed by atoms with Gasteiger partial charge in [-0.1, -0.05) is 23.5 Å². The van der Waals surface area contributed by atoms with Crippen LogP contribution in [0.2, 0.25) is 0 Å². The molecular formula is C16H19N5OS. The average Bonchev–Trinajstić information content (AvgIpc) is 3.21. The van der Waals surface area contributed by atoms with Gasteiger partial charge < -0.3 is 14.6 Å². The van der Waals surface area contributed by atoms with Gasteiger partial charge in [0.25, 0.3) is 0 Å². The molecule has 0 spiro atoms. The van der Waals surface area contributed by atoms with Gasteiger partial charge in [-0.25, -0.2) is 4.98 Å². The number of hydrogen-bond acceptors (Lipinski definition) is 6. The molecular weight excluding hydrogens is 310 g/mol. The summed E-state index contributed by atoms with van der Waals surface area (Å²) in [5, 5.41) is 14.2. The van der Waals surface area contributed by atoms with Gasteiger partial charge in [-0.05, 0) is 25.0 Å². The van der Waals surface area contributed by atoms with Crippen molar-refractivity contribution in [3.05, 3.63) is 34.3 Å². The Hall–Kier alpha value is -1.99. The van der Waals surface area contributed by atoms with Gasteiger partial charge in [0.2, 0.25) is 5.95 Å². The molecule has 3 aromatic rings. The Morgan fingerprint density at radius 1 is 1.30 bits per heavy atom. The van der Waals surface area contributed by atoms with Crippen LogP contribution in [0, 0.1) is 0 Å². The SMILES string of the molecule is COCCn1c(NCc2nnc(C3CC3)s2)nc2ccccc21. The van der Waals surface area contributed by atoms with E-state index in [-0.39, 0.29) is 0 Å². The first-order valence-corrected chi connectivity index (χ1v) is 8.67. The van der Waals surface area contributed by atoms with Crippen molar-refractivity contribution in [2.75, 3.05) is 19.0 Å². The Balaban J connectivity index is 1.54. The zero-order valence-corrected chi connectivity index (χ0v) is 13.8. The van der Waals surface area contributed by atoms with E-state index in [0.717, 1.165) is 28.5 Å². The maximum absolute atomic E-state index is 5.22. The van der Waals surface area contributed by atoms with E-state index in [1.165, 1.54) is 17.8 Å². The highest BCUT2D eigenvalue weighted by Gasteiger charge is 2.27. The molecule has 2 heterocycles. The number of methoxy groups -OCH3 is 1. The lowest BCUT2D eigenvalue weighted by Crippen LogP contribution is -2.10. The molecule has 23 heavy (non-hydrogen) atoms. The molecule has 1 fully saturated rings. The summed E-state index contributed by atoms with van der Waals surface area (Å²) in [4.78, 5) is 4.69. The van der Waals surface area contributed by atoms with E-state index in [4.69, 9.17) is 4.74 Å². The molecule has 0 unspecified atom stereocenters. The van der Waals surface area contributed by atoms with Crippen LogP contribution in [0.25, 0.3) is 11.0 Å². The molecule has 120 valence electrons. The van der Waals surface area contributed by atoms with E-state index in [9.17, 15) is 0 Å². The Morgan fingerprint density at radius 2 is 2.17 bits per heavy atom. The molecule has 4 rings (SSSR count). The lowest BCUT2D eigenvalue weighted by atomic mass is 10.3. The monoisotopic (exact) mass is 329 g/mol. The molecule has 0 radical (unpaired) electrons. The van der Waals surface area contributed by atoms with Gasteiger partial charge in [-0.3, -0.25) is 0 Å². The minimum absolute atomic E-state index is 0.652. The van der Waals surface area contributed by atoms with Crippen LogP contribution < -0.4 is 5.32 Å². The summed E-state index contributed by atoms with van der Waals surface area (Å²) < 4.78 is 7.38. The number of nitrogens with zero attached hydrogens (tertiary/aromatic N) is 4. The molecule has 7 heteroatoms. The van der Waals surface area contributed by atoms with Crippen LogP contribution >= 0.6 is 11.3 Å². The van der Waals surface area contributed by atoms with Gasteiger partial charge in [0, 0.05) is 19.6 Å². The average molecular weight is 329 g/mol. The van der Waals surface area contributed by atoms with Crippen LogP contribution in [0.4, 0.5) is 5.95 Å². The number of imidazole rings is 1. The van der Waals surface area contributed by atoms with Gasteiger partial charge in [-0.15, -0.1) is 10.2 Å². The second kappa shape index (κ2) is 6.25. The van der Waals surface area contributed by atoms with Crippen molar-refractivity contribution >= 4 is 28.3 Å². The van der Waals surface area contributed by atoms with Crippen LogP contribution in [0.5, 0.6) is 0 Å². The lowest BCUT2D eigenvalue weighted by molar-refractivity contribution is 0.188. The maximum Gasteiger partial charge on any atom is 0.204 e. The highest BCUT2D eigenvalue weighted by Crippen LogP contribution is 2.41. The van der Waals surface area contributed by atoms with Crippen molar-refractivity contribution in [2.45, 2.75) is 31.8 Å². The van der Waals surface area contributed by atoms with Crippen molar-refractivity contribution in [1.82, 2.24) is 19.7 Å². The minimum Gasteiger partial charge on any atom is -0.383 e. The minimum atomic E-state index is 0.652. The third-order valence-electron chi connectivity index (χ3n) is 3.98. The van der Waals surface area contributed by atoms with Crippen molar-refractivity contribution in [3.63, 3.8) is 0 Å². The number of rotatable bonds is 7. The summed E-state index contributed by atoms with van der Waals surface area (Å²) in [6.45, 7) is 2.07. The zero-order valence-electron chi connectivity index (χ0n) is 13.0. The molecule has 1 aromatic carbocycles. The van der Waals surface area contributed by atoms with Gasteiger partial charge in [0.05, 0.1) is 24.2 Å². The number of nitrogens with one attached hydrogen (secondary N) is 1. The Bertz CT molecular complexity index is 808. The highest BCUT2D eigenvalue weighted by atomic mass is 32.1. The van der Waals surface area contributed by atoms with Crippen molar-refractivity contribution in [3.8, 4) is 0 Å². The summed E-state index contributed by atoms with van der Waals surface area (Å²) in [7, 11) is 1.72. The topological polar surface area (TPSA) is 64.9 Å². The smallest absolute Gasteiger partial charge is 0.204 e. The predicted octanol–water partition coefficient (Wildman–Crippen LogP) is 3.02. The Kier molecular flexibility index (Phi) is 3.97. The Labute approximate surface area is 138 Å². The van der Waals surface area contributed by atoms with Crippen LogP contribution in [-0.4, -0.2) is 33.5 Å². The number of hydrogen-bond donors (Lipinski definition) is 1. The lowest BCUT2D eigenvalue weighted by Gasteiger charge is -2.09. The molecule has 0 saturated heterocycles. The van der Waals surface area contributed by atoms with E-state index >= 15 is 0 Å². The molecule has 0 atom stereocenters. The van der Waals surface area contributed by atoms with Crippen molar-refractivity contribution in [1.29, 1.82) is 0 Å². The van der Waals surface area contributed by atoms with E-state index in [2.05, 4.69) is 31.1 Å². The fraction of sp³-hybridized carbons (Fsp3) is 0.438. The summed E-state index contributed by atoms with van der Waals surface area (Å²) in [6.07, 6.45) is 2.52. The molecule has 6 nitrogen and oxygen atoms in total. The molecule has 1 aliphatic rings. The third kappa shape index (κ3) is 3.07. The van der Waals surface area contributed by atoms with Crippen LogP contribution in [0.1, 0.15) is 28.8 Å². The summed E-state index contributed by atoms with van der Waals surface area (Å²) in [5.74, 6) is 1.51. The molecule has 0 aliphatic heterocycles. The maximum atomic E-state index is 5.22. The fourth-order valence-electron chi connectivity index (χ4n) is 2.61. The summed E-state index contributed by atoms with van der Waals surface area (Å²) in [5.41, 5.74) is 2.10. The van der Waals surface area contributed by atoms with Crippen molar-refractivity contribution < 1.29 is 4.74 Å². The molecule has 0 bridgehead atoms. The first kappa shape index (κ1) is 14.6. The molecule has 2 aromatic heterocycles. The third-order valence-corrected chi connectivity index (χ3v) is 5.07. The fourth-order valence-corrected chi connectivity index (χ4v) is 3.56. The first-order valence-electron chi connectivity index (χ1n) is 7.85. The number of aromatic nitrogens is 4. The van der Waals surface area contributed by atoms with Crippen LogP contribution in [-0.2, 0) is 17.8 Å². The number of para-hydroxylation sites is 2. The van der Waals surface area contributed by atoms with Gasteiger partial charge in [0.1, 0.15) is 10.0 Å². The number of anilines is 1. The molecule has 1 N–H and O–H groups in total.